The average Bonchev–Trinajstić information content (AvgIpc) is 1.82. The summed E-state index contributed by atoms with van der Waals surface area (Å²) in [6.07, 6.45) is 1.33. The summed E-state index contributed by atoms with van der Waals surface area (Å²) in [6.45, 7) is 3.18. The van der Waals surface area contributed by atoms with E-state index in [1.807, 2.05) is 0 Å². The van der Waals surface area contributed by atoms with Crippen LogP contribution in [-0.2, 0) is 4.74 Å². The van der Waals surface area contributed by atoms with Crippen molar-refractivity contribution in [3.63, 3.8) is 0 Å². The Labute approximate surface area is 66.7 Å². The van der Waals surface area contributed by atoms with Gasteiger partial charge in [0, 0.05) is 0 Å². The number of hydrogen-bond acceptors (Lipinski definition) is 1. The van der Waals surface area contributed by atoms with Crippen LogP contribution in [0.1, 0.15) is 33.6 Å². The summed E-state index contributed by atoms with van der Waals surface area (Å²) < 4.78 is 27.4. The van der Waals surface area contributed by atoms with Crippen molar-refractivity contribution in [2.75, 3.05) is 0 Å². The number of alkyl halides is 2. The fraction of sp³-hybridized carbons (Fsp3) is 1.00. The molecule has 0 N–H and O–H groups in total. The van der Waals surface area contributed by atoms with Gasteiger partial charge in [-0.05, 0) is 25.7 Å². The molecule has 0 spiro atoms. The van der Waals surface area contributed by atoms with Gasteiger partial charge in [0.25, 0.3) is 0 Å². The highest BCUT2D eigenvalue weighted by Gasteiger charge is 2.09. The minimum atomic E-state index is -2.63. The fourth-order valence-corrected chi connectivity index (χ4v) is 0.812. The Morgan fingerprint density at radius 3 is 2.00 bits per heavy atom. The summed E-state index contributed by atoms with van der Waals surface area (Å²) in [5.74, 6) is 0.554. The van der Waals surface area contributed by atoms with E-state index in [2.05, 4.69) is 18.6 Å². The van der Waals surface area contributed by atoms with Crippen molar-refractivity contribution in [2.45, 2.75) is 46.3 Å². The maximum absolute atomic E-state index is 11.6. The maximum Gasteiger partial charge on any atom is 0.345 e. The Morgan fingerprint density at radius 1 is 1.09 bits per heavy atom. The van der Waals surface area contributed by atoms with Crippen molar-refractivity contribution in [2.24, 2.45) is 5.92 Å². The van der Waals surface area contributed by atoms with Crippen LogP contribution in [0, 0.1) is 5.92 Å². The predicted octanol–water partition coefficient (Wildman–Crippen LogP) is 3.05. The Morgan fingerprint density at radius 2 is 1.64 bits per heavy atom. The first-order chi connectivity index (χ1) is 5.02. The van der Waals surface area contributed by atoms with Crippen LogP contribution in [0.2, 0.25) is 0 Å². The van der Waals surface area contributed by atoms with Crippen molar-refractivity contribution in [1.82, 2.24) is 0 Å². The van der Waals surface area contributed by atoms with Gasteiger partial charge in [-0.25, -0.2) is 0 Å². The van der Waals surface area contributed by atoms with E-state index < -0.39 is 6.61 Å². The average molecular weight is 166 g/mol. The molecule has 1 nitrogen and oxygen atoms in total. The molecule has 0 rings (SSSR count). The summed E-state index contributed by atoms with van der Waals surface area (Å²) in [5.41, 5.74) is 0. The molecule has 0 aromatic carbocycles. The molecule has 0 aliphatic heterocycles. The predicted molar refractivity (Wildman–Crippen MR) is 40.6 cm³/mol. The molecular formula is C8H16F2O. The van der Waals surface area contributed by atoms with Crippen LogP contribution < -0.4 is 0 Å². The molecular weight excluding hydrogens is 150 g/mol. The summed E-state index contributed by atoms with van der Waals surface area (Å²) >= 11 is 0. The molecule has 68 valence electrons. The number of ether oxygens (including phenoxy) is 1. The third-order valence-corrected chi connectivity index (χ3v) is 1.49. The lowest BCUT2D eigenvalue weighted by Gasteiger charge is -2.12. The second-order valence-corrected chi connectivity index (χ2v) is 3.18. The first-order valence-electron chi connectivity index (χ1n) is 3.96. The minimum Gasteiger partial charge on any atom is -0.320 e. The third-order valence-electron chi connectivity index (χ3n) is 1.49. The van der Waals surface area contributed by atoms with Gasteiger partial charge in [-0.15, -0.1) is 0 Å². The zero-order valence-electron chi connectivity index (χ0n) is 7.31. The van der Waals surface area contributed by atoms with Crippen LogP contribution in [0.3, 0.4) is 0 Å². The van der Waals surface area contributed by atoms with Crippen LogP contribution in [0.15, 0.2) is 0 Å². The van der Waals surface area contributed by atoms with Gasteiger partial charge in [0.1, 0.15) is 0 Å². The highest BCUT2D eigenvalue weighted by molar-refractivity contribution is 4.52. The van der Waals surface area contributed by atoms with Gasteiger partial charge in [-0.1, -0.05) is 13.8 Å². The molecule has 3 heteroatoms. The molecule has 0 amide bonds. The molecule has 0 heterocycles. The molecule has 11 heavy (non-hydrogen) atoms. The van der Waals surface area contributed by atoms with E-state index in [-0.39, 0.29) is 6.10 Å². The Balaban J connectivity index is 3.29. The monoisotopic (exact) mass is 166 g/mol. The zero-order valence-corrected chi connectivity index (χ0v) is 7.31. The maximum atomic E-state index is 11.6. The lowest BCUT2D eigenvalue weighted by Crippen LogP contribution is -2.12. The van der Waals surface area contributed by atoms with Gasteiger partial charge in [0.15, 0.2) is 0 Å². The largest absolute Gasteiger partial charge is 0.345 e. The Bertz CT molecular complexity index is 94.1. The second-order valence-electron chi connectivity index (χ2n) is 3.18. The first-order valence-corrected chi connectivity index (χ1v) is 3.96. The van der Waals surface area contributed by atoms with Crippen molar-refractivity contribution < 1.29 is 13.5 Å². The molecule has 0 aromatic rings. The van der Waals surface area contributed by atoms with E-state index in [1.165, 1.54) is 0 Å². The summed E-state index contributed by atoms with van der Waals surface area (Å²) in [5, 5.41) is 0. The van der Waals surface area contributed by atoms with Gasteiger partial charge in [-0.2, -0.15) is 8.78 Å². The van der Waals surface area contributed by atoms with Gasteiger partial charge >= 0.3 is 6.61 Å². The summed E-state index contributed by atoms with van der Waals surface area (Å²) in [4.78, 5) is 0. The zero-order chi connectivity index (χ0) is 8.85. The molecule has 0 aliphatic rings. The van der Waals surface area contributed by atoms with Crippen molar-refractivity contribution in [1.29, 1.82) is 0 Å². The van der Waals surface area contributed by atoms with E-state index in [9.17, 15) is 8.78 Å². The summed E-state index contributed by atoms with van der Waals surface area (Å²) in [6, 6.07) is 0. The highest BCUT2D eigenvalue weighted by atomic mass is 19.3. The standard InChI is InChI=1S/C8H16F2O/c1-6(2)4-5-7(3)11-8(9)10/h6-8H,4-5H2,1-3H3. The lowest BCUT2D eigenvalue weighted by molar-refractivity contribution is -0.159. The van der Waals surface area contributed by atoms with Gasteiger partial charge in [0.2, 0.25) is 0 Å². The normalized spacial score (nSPS) is 14.5. The SMILES string of the molecule is CC(C)CCC(C)OC(F)F. The molecule has 0 bridgehead atoms. The van der Waals surface area contributed by atoms with Crippen molar-refractivity contribution >= 4 is 0 Å². The summed E-state index contributed by atoms with van der Waals surface area (Å²) in [7, 11) is 0. The molecule has 0 aromatic heterocycles. The number of rotatable bonds is 5. The Hall–Kier alpha value is -0.180. The molecule has 1 unspecified atom stereocenters. The third kappa shape index (κ3) is 7.72. The first kappa shape index (κ1) is 10.8. The van der Waals surface area contributed by atoms with Crippen molar-refractivity contribution in [3.05, 3.63) is 0 Å². The minimum absolute atomic E-state index is 0.322. The van der Waals surface area contributed by atoms with E-state index in [0.29, 0.717) is 12.3 Å². The number of hydrogen-bond donors (Lipinski definition) is 0. The van der Waals surface area contributed by atoms with Crippen molar-refractivity contribution in [3.8, 4) is 0 Å². The highest BCUT2D eigenvalue weighted by Crippen LogP contribution is 2.11. The molecule has 0 aliphatic carbocycles. The van der Waals surface area contributed by atoms with Crippen LogP contribution in [0.4, 0.5) is 8.78 Å². The fourth-order valence-electron chi connectivity index (χ4n) is 0.812. The number of halogens is 2. The molecule has 0 fully saturated rings. The lowest BCUT2D eigenvalue weighted by atomic mass is 10.1. The Kier molecular flexibility index (Phi) is 5.38. The van der Waals surface area contributed by atoms with E-state index in [0.717, 1.165) is 6.42 Å². The van der Waals surface area contributed by atoms with Gasteiger partial charge in [-0.3, -0.25) is 0 Å². The molecule has 0 saturated heterocycles. The van der Waals surface area contributed by atoms with E-state index in [4.69, 9.17) is 0 Å². The molecule has 0 radical (unpaired) electrons. The van der Waals surface area contributed by atoms with E-state index >= 15 is 0 Å². The van der Waals surface area contributed by atoms with Crippen LogP contribution in [0.5, 0.6) is 0 Å². The van der Waals surface area contributed by atoms with Crippen LogP contribution in [0.25, 0.3) is 0 Å². The van der Waals surface area contributed by atoms with Crippen LogP contribution in [-0.4, -0.2) is 12.7 Å². The van der Waals surface area contributed by atoms with E-state index in [1.54, 1.807) is 6.92 Å². The topological polar surface area (TPSA) is 9.23 Å². The molecule has 0 saturated carbocycles. The quantitative estimate of drug-likeness (QED) is 0.610. The van der Waals surface area contributed by atoms with Gasteiger partial charge in [0.05, 0.1) is 6.10 Å². The molecule has 1 atom stereocenters. The second kappa shape index (κ2) is 5.47. The van der Waals surface area contributed by atoms with Crippen LogP contribution >= 0.6 is 0 Å². The smallest absolute Gasteiger partial charge is 0.320 e. The van der Waals surface area contributed by atoms with Gasteiger partial charge < -0.3 is 4.74 Å².